The minimum absolute atomic E-state index is 0.249. The summed E-state index contributed by atoms with van der Waals surface area (Å²) in [6, 6.07) is 13.9. The second-order valence-corrected chi connectivity index (χ2v) is 7.77. The van der Waals surface area contributed by atoms with Gasteiger partial charge >= 0.3 is 0 Å². The van der Waals surface area contributed by atoms with Crippen LogP contribution >= 0.6 is 11.3 Å². The second-order valence-electron chi connectivity index (χ2n) is 6.91. The minimum Gasteiger partial charge on any atom is -0.508 e. The smallest absolute Gasteiger partial charge is 0.143 e. The Morgan fingerprint density at radius 3 is 2.59 bits per heavy atom. The van der Waals surface area contributed by atoms with E-state index in [1.165, 1.54) is 47.9 Å². The van der Waals surface area contributed by atoms with Crippen LogP contribution in [0.4, 0.5) is 11.5 Å². The summed E-state index contributed by atoms with van der Waals surface area (Å²) in [7, 11) is 0. The van der Waals surface area contributed by atoms with E-state index in [1.54, 1.807) is 29.8 Å². The Labute approximate surface area is 161 Å². The number of hydrogen-bond acceptors (Lipinski definition) is 5. The van der Waals surface area contributed by atoms with E-state index in [4.69, 9.17) is 0 Å². The minimum atomic E-state index is 0.249. The molecule has 0 spiro atoms. The largest absolute Gasteiger partial charge is 0.508 e. The zero-order valence-corrected chi connectivity index (χ0v) is 15.6. The fraction of sp³-hybridized carbons (Fsp3) is 0.182. The van der Waals surface area contributed by atoms with Gasteiger partial charge in [0.2, 0.25) is 0 Å². The standard InChI is InChI=1S/C22H19N3OS/c26-18-9-7-17(8-10-18)25-21-20-19(12-27-22(20)24-13-23-21)16-6-5-14-3-1-2-4-15(14)11-16/h5-13,26H,1-4H2,(H,23,24,25). The first-order valence-electron chi connectivity index (χ1n) is 9.18. The summed E-state index contributed by atoms with van der Waals surface area (Å²) >= 11 is 1.64. The molecule has 4 aromatic rings. The number of nitrogens with zero attached hydrogens (tertiary/aromatic N) is 2. The van der Waals surface area contributed by atoms with Crippen molar-refractivity contribution in [2.24, 2.45) is 0 Å². The SMILES string of the molecule is Oc1ccc(Nc2ncnc3scc(-c4ccc5c(c4)CCCC5)c23)cc1. The van der Waals surface area contributed by atoms with Crippen LogP contribution in [-0.4, -0.2) is 15.1 Å². The molecule has 0 atom stereocenters. The third-order valence-corrected chi connectivity index (χ3v) is 6.05. The Kier molecular flexibility index (Phi) is 4.02. The molecule has 0 saturated carbocycles. The highest BCUT2D eigenvalue weighted by atomic mass is 32.1. The maximum absolute atomic E-state index is 9.50. The van der Waals surface area contributed by atoms with Crippen molar-refractivity contribution in [3.63, 3.8) is 0 Å². The van der Waals surface area contributed by atoms with Gasteiger partial charge in [-0.05, 0) is 66.6 Å². The highest BCUT2D eigenvalue weighted by Crippen LogP contribution is 2.38. The molecule has 0 amide bonds. The molecule has 0 aliphatic heterocycles. The molecule has 4 nitrogen and oxygen atoms in total. The van der Waals surface area contributed by atoms with Crippen LogP contribution in [-0.2, 0) is 12.8 Å². The lowest BCUT2D eigenvalue weighted by molar-refractivity contribution is 0.475. The van der Waals surface area contributed by atoms with Crippen LogP contribution in [0.3, 0.4) is 0 Å². The highest BCUT2D eigenvalue weighted by Gasteiger charge is 2.16. The van der Waals surface area contributed by atoms with Crippen molar-refractivity contribution in [2.45, 2.75) is 25.7 Å². The van der Waals surface area contributed by atoms with Gasteiger partial charge in [0.1, 0.15) is 22.7 Å². The van der Waals surface area contributed by atoms with Crippen molar-refractivity contribution < 1.29 is 5.11 Å². The Morgan fingerprint density at radius 1 is 0.926 bits per heavy atom. The van der Waals surface area contributed by atoms with Gasteiger partial charge in [-0.3, -0.25) is 0 Å². The molecule has 0 unspecified atom stereocenters. The molecule has 0 bridgehead atoms. The third-order valence-electron chi connectivity index (χ3n) is 5.16. The van der Waals surface area contributed by atoms with Crippen LogP contribution in [0.2, 0.25) is 0 Å². The Morgan fingerprint density at radius 2 is 1.74 bits per heavy atom. The molecule has 0 saturated heterocycles. The van der Waals surface area contributed by atoms with Gasteiger partial charge in [-0.2, -0.15) is 0 Å². The first-order chi connectivity index (χ1) is 13.3. The van der Waals surface area contributed by atoms with Crippen molar-refractivity contribution in [3.05, 3.63) is 65.3 Å². The zero-order valence-electron chi connectivity index (χ0n) is 14.8. The van der Waals surface area contributed by atoms with Crippen molar-refractivity contribution in [3.8, 4) is 16.9 Å². The first kappa shape index (κ1) is 16.3. The van der Waals surface area contributed by atoms with Crippen LogP contribution in [0.25, 0.3) is 21.3 Å². The van der Waals surface area contributed by atoms with E-state index in [0.29, 0.717) is 0 Å². The highest BCUT2D eigenvalue weighted by molar-refractivity contribution is 7.17. The third kappa shape index (κ3) is 3.04. The van der Waals surface area contributed by atoms with Gasteiger partial charge in [0, 0.05) is 16.6 Å². The van der Waals surface area contributed by atoms with Crippen LogP contribution in [0, 0.1) is 0 Å². The van der Waals surface area contributed by atoms with Gasteiger partial charge in [-0.15, -0.1) is 11.3 Å². The molecule has 2 heterocycles. The molecule has 0 radical (unpaired) electrons. The molecule has 2 aromatic carbocycles. The summed E-state index contributed by atoms with van der Waals surface area (Å²) in [6.45, 7) is 0. The van der Waals surface area contributed by atoms with Crippen molar-refractivity contribution in [1.82, 2.24) is 9.97 Å². The maximum atomic E-state index is 9.50. The number of fused-ring (bicyclic) bond motifs is 2. The number of aryl methyl sites for hydroxylation is 2. The monoisotopic (exact) mass is 373 g/mol. The average Bonchev–Trinajstić information content (AvgIpc) is 3.15. The van der Waals surface area contributed by atoms with Crippen molar-refractivity contribution >= 4 is 33.1 Å². The molecule has 5 rings (SSSR count). The lowest BCUT2D eigenvalue weighted by Crippen LogP contribution is -2.02. The molecule has 27 heavy (non-hydrogen) atoms. The molecule has 1 aliphatic carbocycles. The number of hydrogen-bond donors (Lipinski definition) is 2. The number of benzene rings is 2. The maximum Gasteiger partial charge on any atom is 0.143 e. The molecule has 134 valence electrons. The van der Waals surface area contributed by atoms with Crippen molar-refractivity contribution in [1.29, 1.82) is 0 Å². The number of thiophene rings is 1. The van der Waals surface area contributed by atoms with Crippen LogP contribution < -0.4 is 5.32 Å². The van der Waals surface area contributed by atoms with Gasteiger partial charge in [-0.25, -0.2) is 9.97 Å². The predicted molar refractivity (Wildman–Crippen MR) is 111 cm³/mol. The fourth-order valence-electron chi connectivity index (χ4n) is 3.76. The normalized spacial score (nSPS) is 13.5. The lowest BCUT2D eigenvalue weighted by atomic mass is 9.89. The van der Waals surface area contributed by atoms with Crippen LogP contribution in [0.5, 0.6) is 5.75 Å². The second kappa shape index (κ2) is 6.67. The van der Waals surface area contributed by atoms with Gasteiger partial charge in [0.25, 0.3) is 0 Å². The summed E-state index contributed by atoms with van der Waals surface area (Å²) in [5, 5.41) is 16.1. The Bertz CT molecular complexity index is 1120. The fourth-order valence-corrected chi connectivity index (χ4v) is 4.68. The van der Waals surface area contributed by atoms with Gasteiger partial charge in [0.15, 0.2) is 0 Å². The van der Waals surface area contributed by atoms with E-state index in [9.17, 15) is 5.11 Å². The van der Waals surface area contributed by atoms with E-state index < -0.39 is 0 Å². The summed E-state index contributed by atoms with van der Waals surface area (Å²) in [5.74, 6) is 1.04. The number of aromatic nitrogens is 2. The molecule has 5 heteroatoms. The number of aromatic hydroxyl groups is 1. The number of nitrogens with one attached hydrogen (secondary N) is 1. The summed E-state index contributed by atoms with van der Waals surface area (Å²) in [5.41, 5.74) is 6.25. The van der Waals surface area contributed by atoms with Crippen molar-refractivity contribution in [2.75, 3.05) is 5.32 Å². The summed E-state index contributed by atoms with van der Waals surface area (Å²) in [4.78, 5) is 9.92. The number of phenolic OH excluding ortho intramolecular Hbond substituents is 1. The number of rotatable bonds is 3. The van der Waals surface area contributed by atoms with Gasteiger partial charge in [0.05, 0.1) is 5.39 Å². The molecule has 0 fully saturated rings. The van der Waals surface area contributed by atoms with Gasteiger partial charge in [-0.1, -0.05) is 18.2 Å². The van der Waals surface area contributed by atoms with E-state index in [2.05, 4.69) is 38.9 Å². The predicted octanol–water partition coefficient (Wildman–Crippen LogP) is 5.69. The number of anilines is 2. The average molecular weight is 373 g/mol. The first-order valence-corrected chi connectivity index (χ1v) is 10.1. The van der Waals surface area contributed by atoms with E-state index in [-0.39, 0.29) is 5.75 Å². The Balaban J connectivity index is 1.60. The number of phenols is 1. The zero-order chi connectivity index (χ0) is 18.2. The molecular formula is C22H19N3OS. The Hall–Kier alpha value is -2.92. The molecule has 1 aliphatic rings. The van der Waals surface area contributed by atoms with E-state index in [1.807, 2.05) is 12.1 Å². The lowest BCUT2D eigenvalue weighted by Gasteiger charge is -2.16. The quantitative estimate of drug-likeness (QED) is 0.453. The molecule has 2 N–H and O–H groups in total. The topological polar surface area (TPSA) is 58.0 Å². The van der Waals surface area contributed by atoms with Crippen LogP contribution in [0.15, 0.2) is 54.2 Å². The molecular weight excluding hydrogens is 354 g/mol. The summed E-state index contributed by atoms with van der Waals surface area (Å²) < 4.78 is 0. The van der Waals surface area contributed by atoms with Gasteiger partial charge < -0.3 is 10.4 Å². The summed E-state index contributed by atoms with van der Waals surface area (Å²) in [6.07, 6.45) is 6.52. The van der Waals surface area contributed by atoms with E-state index in [0.717, 1.165) is 21.7 Å². The molecule has 2 aromatic heterocycles. The van der Waals surface area contributed by atoms with Crippen LogP contribution in [0.1, 0.15) is 24.0 Å². The van der Waals surface area contributed by atoms with E-state index >= 15 is 0 Å².